The first-order chi connectivity index (χ1) is 17.7. The first kappa shape index (κ1) is 25.4. The molecule has 13 heteroatoms. The highest BCUT2D eigenvalue weighted by molar-refractivity contribution is 7.89. The molecule has 37 heavy (non-hydrogen) atoms. The summed E-state index contributed by atoms with van der Waals surface area (Å²) >= 11 is 19.1. The van der Waals surface area contributed by atoms with Crippen LogP contribution >= 0.6 is 34.8 Å². The molecule has 0 aliphatic heterocycles. The second-order valence-electron chi connectivity index (χ2n) is 7.92. The summed E-state index contributed by atoms with van der Waals surface area (Å²) in [4.78, 5) is -0.00788. The maximum Gasteiger partial charge on any atom is 0.247 e. The van der Waals surface area contributed by atoms with Crippen LogP contribution in [0.1, 0.15) is 11.7 Å². The van der Waals surface area contributed by atoms with E-state index in [2.05, 4.69) is 20.4 Å². The summed E-state index contributed by atoms with van der Waals surface area (Å²) < 4.78 is 30.6. The average Bonchev–Trinajstić information content (AvgIpc) is 3.50. The van der Waals surface area contributed by atoms with Crippen LogP contribution in [0, 0.1) is 0 Å². The summed E-state index contributed by atoms with van der Waals surface area (Å²) in [5.74, 6) is 1.72. The van der Waals surface area contributed by atoms with Crippen molar-refractivity contribution in [3.8, 4) is 28.5 Å². The highest BCUT2D eigenvalue weighted by Gasteiger charge is 2.20. The smallest absolute Gasteiger partial charge is 0.247 e. The van der Waals surface area contributed by atoms with Crippen molar-refractivity contribution in [1.29, 1.82) is 0 Å². The van der Waals surface area contributed by atoms with Crippen molar-refractivity contribution in [1.82, 2.24) is 25.0 Å². The Morgan fingerprint density at radius 2 is 1.59 bits per heavy atom. The Balaban J connectivity index is 1.44. The first-order valence-corrected chi connectivity index (χ1v) is 13.5. The molecule has 2 aromatic heterocycles. The molecule has 5 aromatic rings. The summed E-state index contributed by atoms with van der Waals surface area (Å²) in [7, 11) is -3.80. The molecule has 0 bridgehead atoms. The number of halogens is 3. The Kier molecular flexibility index (Phi) is 7.02. The second-order valence-corrected chi connectivity index (χ2v) is 10.7. The number of benzene rings is 3. The van der Waals surface area contributed by atoms with E-state index in [1.807, 2.05) is 22.8 Å². The zero-order valence-corrected chi connectivity index (χ0v) is 21.9. The van der Waals surface area contributed by atoms with Gasteiger partial charge in [-0.15, -0.1) is 20.4 Å². The van der Waals surface area contributed by atoms with Gasteiger partial charge in [-0.25, -0.2) is 13.6 Å². The number of nitrogens with two attached hydrogens (primary N) is 1. The van der Waals surface area contributed by atoms with Crippen LogP contribution in [0.4, 0.5) is 0 Å². The van der Waals surface area contributed by atoms with Gasteiger partial charge in [0.1, 0.15) is 5.82 Å². The predicted octanol–water partition coefficient (Wildman–Crippen LogP) is 5.38. The predicted molar refractivity (Wildman–Crippen MR) is 140 cm³/mol. The monoisotopic (exact) mass is 574 g/mol. The quantitative estimate of drug-likeness (QED) is 0.276. The molecule has 0 saturated carbocycles. The Morgan fingerprint density at radius 1 is 0.838 bits per heavy atom. The normalized spacial score (nSPS) is 11.7. The maximum absolute atomic E-state index is 11.5. The van der Waals surface area contributed by atoms with Crippen LogP contribution < -0.4 is 5.14 Å². The lowest BCUT2D eigenvalue weighted by Crippen LogP contribution is -2.11. The summed E-state index contributed by atoms with van der Waals surface area (Å²) in [5, 5.41) is 23.5. The molecule has 0 aliphatic carbocycles. The van der Waals surface area contributed by atoms with Crippen molar-refractivity contribution in [3.63, 3.8) is 0 Å². The minimum atomic E-state index is -3.80. The number of primary sulfonamides is 1. The molecule has 0 amide bonds. The van der Waals surface area contributed by atoms with Gasteiger partial charge in [-0.1, -0.05) is 46.9 Å². The maximum atomic E-state index is 11.5. The molecule has 2 heterocycles. The van der Waals surface area contributed by atoms with E-state index in [0.29, 0.717) is 62.3 Å². The molecule has 0 unspecified atom stereocenters. The van der Waals surface area contributed by atoms with Crippen molar-refractivity contribution in [2.24, 2.45) is 5.14 Å². The van der Waals surface area contributed by atoms with Gasteiger partial charge in [0.25, 0.3) is 0 Å². The third-order valence-corrected chi connectivity index (χ3v) is 7.25. The zero-order valence-electron chi connectivity index (χ0n) is 18.8. The number of sulfonamides is 1. The number of aromatic nitrogens is 5. The van der Waals surface area contributed by atoms with E-state index in [1.165, 1.54) is 12.1 Å². The van der Waals surface area contributed by atoms with Crippen molar-refractivity contribution in [2.75, 3.05) is 0 Å². The molecule has 9 nitrogen and oxygen atoms in total. The lowest BCUT2D eigenvalue weighted by molar-refractivity contribution is 0.501. The fraction of sp³-hybridized carbons (Fsp3) is 0.0833. The fourth-order valence-corrected chi connectivity index (χ4v) is 4.92. The molecule has 5 rings (SSSR count). The molecule has 3 aromatic carbocycles. The van der Waals surface area contributed by atoms with Gasteiger partial charge in [0, 0.05) is 29.0 Å². The first-order valence-electron chi connectivity index (χ1n) is 10.8. The Labute approximate surface area is 226 Å². The van der Waals surface area contributed by atoms with E-state index < -0.39 is 10.0 Å². The highest BCUT2D eigenvalue weighted by atomic mass is 35.5. The number of hydrogen-bond acceptors (Lipinski definition) is 7. The molecule has 188 valence electrons. The van der Waals surface area contributed by atoms with E-state index >= 15 is 0 Å². The van der Waals surface area contributed by atoms with Crippen molar-refractivity contribution in [3.05, 3.63) is 93.5 Å². The fourth-order valence-electron chi connectivity index (χ4n) is 3.69. The Morgan fingerprint density at radius 3 is 2.30 bits per heavy atom. The molecular formula is C24H17Cl3N6O3S. The Bertz CT molecular complexity index is 1700. The average molecular weight is 576 g/mol. The molecule has 2 N–H and O–H groups in total. The van der Waals surface area contributed by atoms with Gasteiger partial charge in [0.2, 0.25) is 21.8 Å². The second kappa shape index (κ2) is 10.2. The van der Waals surface area contributed by atoms with E-state index in [4.69, 9.17) is 44.4 Å². The van der Waals surface area contributed by atoms with Crippen LogP contribution in [0.15, 0.2) is 76.0 Å². The lowest BCUT2D eigenvalue weighted by atomic mass is 10.2. The van der Waals surface area contributed by atoms with Gasteiger partial charge in [-0.05, 0) is 54.6 Å². The zero-order chi connectivity index (χ0) is 26.2. The third-order valence-electron chi connectivity index (χ3n) is 5.45. The van der Waals surface area contributed by atoms with Crippen LogP contribution in [0.25, 0.3) is 28.5 Å². The molecular weight excluding hydrogens is 559 g/mol. The van der Waals surface area contributed by atoms with Crippen LogP contribution in [0.3, 0.4) is 0 Å². The molecule has 0 atom stereocenters. The Hall–Kier alpha value is -3.28. The van der Waals surface area contributed by atoms with Gasteiger partial charge in [0.05, 0.1) is 20.6 Å². The topological polar surface area (TPSA) is 130 Å². The summed E-state index contributed by atoms with van der Waals surface area (Å²) in [5.41, 5.74) is 1.89. The molecule has 0 fully saturated rings. The van der Waals surface area contributed by atoms with Crippen molar-refractivity contribution in [2.45, 2.75) is 17.7 Å². The molecule has 0 spiro atoms. The molecule has 0 radical (unpaired) electrons. The molecule has 0 saturated heterocycles. The summed E-state index contributed by atoms with van der Waals surface area (Å²) in [6.07, 6.45) is 0.759. The number of aryl methyl sites for hydroxylation is 2. The number of nitrogens with zero attached hydrogens (tertiary/aromatic N) is 5. The number of rotatable bonds is 7. The third kappa shape index (κ3) is 5.39. The van der Waals surface area contributed by atoms with Gasteiger partial charge >= 0.3 is 0 Å². The highest BCUT2D eigenvalue weighted by Crippen LogP contribution is 2.33. The van der Waals surface area contributed by atoms with E-state index in [0.717, 1.165) is 0 Å². The van der Waals surface area contributed by atoms with Crippen LogP contribution in [0.5, 0.6) is 0 Å². The van der Waals surface area contributed by atoms with Crippen molar-refractivity contribution < 1.29 is 12.8 Å². The SMILES string of the molecule is NS(=O)(=O)c1ccc(-c2nnc(CCc3nnc(-c4ccc(Cl)cc4Cl)n3-c3ccccc3Cl)o2)cc1. The summed E-state index contributed by atoms with van der Waals surface area (Å²) in [6, 6.07) is 18.3. The summed E-state index contributed by atoms with van der Waals surface area (Å²) in [6.45, 7) is 0. The largest absolute Gasteiger partial charge is 0.421 e. The van der Waals surface area contributed by atoms with Crippen LogP contribution in [-0.4, -0.2) is 33.4 Å². The molecule has 0 aliphatic rings. The van der Waals surface area contributed by atoms with Crippen molar-refractivity contribution >= 4 is 44.8 Å². The lowest BCUT2D eigenvalue weighted by Gasteiger charge is -2.13. The van der Waals surface area contributed by atoms with Crippen LogP contribution in [0.2, 0.25) is 15.1 Å². The van der Waals surface area contributed by atoms with E-state index in [9.17, 15) is 8.42 Å². The number of hydrogen-bond donors (Lipinski definition) is 1. The van der Waals surface area contributed by atoms with Gasteiger partial charge in [-0.2, -0.15) is 0 Å². The van der Waals surface area contributed by atoms with Gasteiger partial charge in [-0.3, -0.25) is 4.57 Å². The minimum absolute atomic E-state index is 0.00788. The minimum Gasteiger partial charge on any atom is -0.421 e. The van der Waals surface area contributed by atoms with Crippen LogP contribution in [-0.2, 0) is 22.9 Å². The van der Waals surface area contributed by atoms with E-state index in [1.54, 1.807) is 36.4 Å². The van der Waals surface area contributed by atoms with Gasteiger partial charge < -0.3 is 4.42 Å². The van der Waals surface area contributed by atoms with E-state index in [-0.39, 0.29) is 10.8 Å². The standard InChI is InChI=1S/C24H17Cl3N6O3S/c25-15-7-10-17(19(27)13-15)23-31-29-21(33(23)20-4-2-1-3-18(20)26)11-12-22-30-32-24(36-22)14-5-8-16(9-6-14)37(28,34)35/h1-10,13H,11-12H2,(H2,28,34,35). The van der Waals surface area contributed by atoms with Gasteiger partial charge in [0.15, 0.2) is 5.82 Å². The number of para-hydroxylation sites is 1.